The van der Waals surface area contributed by atoms with E-state index in [0.29, 0.717) is 5.92 Å². The predicted octanol–water partition coefficient (Wildman–Crippen LogP) is 3.37. The Kier molecular flexibility index (Phi) is 4.43. The Hall–Kier alpha value is -1.66. The molecule has 2 aromatic rings. The number of benzene rings is 1. The highest BCUT2D eigenvalue weighted by molar-refractivity contribution is 7.09. The van der Waals surface area contributed by atoms with Crippen LogP contribution in [0.25, 0.3) is 0 Å². The van der Waals surface area contributed by atoms with Crippen molar-refractivity contribution in [2.24, 2.45) is 0 Å². The summed E-state index contributed by atoms with van der Waals surface area (Å²) in [7, 11) is 0. The Morgan fingerprint density at radius 3 is 3.04 bits per heavy atom. The van der Waals surface area contributed by atoms with E-state index in [9.17, 15) is 0 Å². The zero-order valence-electron chi connectivity index (χ0n) is 13.1. The van der Waals surface area contributed by atoms with Crippen LogP contribution >= 0.6 is 11.5 Å². The van der Waals surface area contributed by atoms with Crippen LogP contribution in [0.1, 0.15) is 42.1 Å². The van der Waals surface area contributed by atoms with Crippen molar-refractivity contribution in [3.05, 3.63) is 35.2 Å². The number of hydrogen-bond acceptors (Lipinski definition) is 6. The van der Waals surface area contributed by atoms with E-state index in [1.165, 1.54) is 22.7 Å². The molecule has 6 heteroatoms. The summed E-state index contributed by atoms with van der Waals surface area (Å²) < 4.78 is 15.6. The molecule has 1 aromatic heterocycles. The van der Waals surface area contributed by atoms with Crippen LogP contribution < -0.4 is 10.1 Å². The summed E-state index contributed by atoms with van der Waals surface area (Å²) in [4.78, 5) is 4.65. The summed E-state index contributed by atoms with van der Waals surface area (Å²) in [6, 6.07) is 6.44. The van der Waals surface area contributed by atoms with E-state index in [1.54, 1.807) is 0 Å². The normalized spacial score (nSPS) is 18.3. The molecule has 0 unspecified atom stereocenters. The van der Waals surface area contributed by atoms with Gasteiger partial charge in [-0.1, -0.05) is 12.1 Å². The molecular weight excluding hydrogens is 310 g/mol. The number of aryl methyl sites for hydroxylation is 1. The summed E-state index contributed by atoms with van der Waals surface area (Å²) in [6.07, 6.45) is 4.27. The van der Waals surface area contributed by atoms with Gasteiger partial charge in [0, 0.05) is 37.2 Å². The fourth-order valence-electron chi connectivity index (χ4n) is 3.13. The molecule has 0 atom stereocenters. The molecule has 3 heterocycles. The number of aromatic nitrogens is 2. The molecule has 0 amide bonds. The SMILES string of the molecule is c1cc2c(cc1CNc1nc(C3CCOCC3)ns1)CCCO2. The van der Waals surface area contributed by atoms with Crippen molar-refractivity contribution >= 4 is 16.7 Å². The average molecular weight is 331 g/mol. The fraction of sp³-hybridized carbons (Fsp3) is 0.529. The van der Waals surface area contributed by atoms with Gasteiger partial charge in [-0.05, 0) is 42.9 Å². The van der Waals surface area contributed by atoms with E-state index in [0.717, 1.165) is 68.8 Å². The van der Waals surface area contributed by atoms with E-state index in [2.05, 4.69) is 32.9 Å². The zero-order chi connectivity index (χ0) is 15.5. The van der Waals surface area contributed by atoms with Gasteiger partial charge in [-0.25, -0.2) is 4.98 Å². The summed E-state index contributed by atoms with van der Waals surface area (Å²) in [5.74, 6) is 2.47. The van der Waals surface area contributed by atoms with Crippen LogP contribution in [0.2, 0.25) is 0 Å². The van der Waals surface area contributed by atoms with E-state index in [-0.39, 0.29) is 0 Å². The number of rotatable bonds is 4. The summed E-state index contributed by atoms with van der Waals surface area (Å²) in [6.45, 7) is 3.26. The zero-order valence-corrected chi connectivity index (χ0v) is 13.9. The minimum Gasteiger partial charge on any atom is -0.493 e. The maximum Gasteiger partial charge on any atom is 0.202 e. The standard InChI is InChI=1S/C17H21N3O2S/c1-2-14-10-12(3-4-15(14)22-7-1)11-18-17-19-16(20-23-17)13-5-8-21-9-6-13/h3-4,10,13H,1-2,5-9,11H2,(H,18,19,20). The lowest BCUT2D eigenvalue weighted by Crippen LogP contribution is -2.15. The molecule has 1 N–H and O–H groups in total. The molecule has 0 spiro atoms. The number of nitrogens with zero attached hydrogens (tertiary/aromatic N) is 2. The van der Waals surface area contributed by atoms with E-state index < -0.39 is 0 Å². The van der Waals surface area contributed by atoms with Gasteiger partial charge in [0.1, 0.15) is 11.6 Å². The van der Waals surface area contributed by atoms with Crippen LogP contribution in [0.15, 0.2) is 18.2 Å². The smallest absolute Gasteiger partial charge is 0.202 e. The van der Waals surface area contributed by atoms with E-state index >= 15 is 0 Å². The first kappa shape index (κ1) is 14.9. The van der Waals surface area contributed by atoms with Gasteiger partial charge in [-0.3, -0.25) is 0 Å². The maximum atomic E-state index is 5.66. The second-order valence-electron chi connectivity index (χ2n) is 6.09. The van der Waals surface area contributed by atoms with Gasteiger partial charge in [-0.2, -0.15) is 4.37 Å². The molecule has 23 heavy (non-hydrogen) atoms. The number of fused-ring (bicyclic) bond motifs is 1. The fourth-order valence-corrected chi connectivity index (χ4v) is 3.77. The molecular formula is C17H21N3O2S. The van der Waals surface area contributed by atoms with E-state index in [1.807, 2.05) is 0 Å². The number of anilines is 1. The molecule has 1 aromatic carbocycles. The molecule has 1 fully saturated rings. The van der Waals surface area contributed by atoms with E-state index in [4.69, 9.17) is 9.47 Å². The van der Waals surface area contributed by atoms with Gasteiger partial charge in [0.15, 0.2) is 0 Å². The van der Waals surface area contributed by atoms with Crippen LogP contribution in [0.4, 0.5) is 5.13 Å². The minimum atomic E-state index is 0.455. The Labute approximate surface area is 140 Å². The summed E-state index contributed by atoms with van der Waals surface area (Å²) in [5.41, 5.74) is 2.58. The van der Waals surface area contributed by atoms with Crippen molar-refractivity contribution in [3.63, 3.8) is 0 Å². The van der Waals surface area contributed by atoms with Crippen LogP contribution in [0, 0.1) is 0 Å². The monoisotopic (exact) mass is 331 g/mol. The highest BCUT2D eigenvalue weighted by atomic mass is 32.1. The van der Waals surface area contributed by atoms with Crippen LogP contribution in [-0.2, 0) is 17.7 Å². The third-order valence-corrected chi connectivity index (χ3v) is 5.13. The van der Waals surface area contributed by atoms with Crippen molar-refractivity contribution in [2.75, 3.05) is 25.1 Å². The lowest BCUT2D eigenvalue weighted by Gasteiger charge is -2.19. The first-order valence-electron chi connectivity index (χ1n) is 8.28. The summed E-state index contributed by atoms with van der Waals surface area (Å²) in [5, 5.41) is 4.30. The van der Waals surface area contributed by atoms with Gasteiger partial charge in [-0.15, -0.1) is 0 Å². The molecule has 1 saturated heterocycles. The van der Waals surface area contributed by atoms with Crippen molar-refractivity contribution in [3.8, 4) is 5.75 Å². The number of ether oxygens (including phenoxy) is 2. The first-order chi connectivity index (χ1) is 11.4. The maximum absolute atomic E-state index is 5.66. The average Bonchev–Trinajstić information content (AvgIpc) is 3.10. The topological polar surface area (TPSA) is 56.3 Å². The molecule has 0 saturated carbocycles. The third kappa shape index (κ3) is 3.48. The quantitative estimate of drug-likeness (QED) is 0.931. The van der Waals surface area contributed by atoms with Gasteiger partial charge < -0.3 is 14.8 Å². The van der Waals surface area contributed by atoms with Gasteiger partial charge >= 0.3 is 0 Å². The molecule has 2 aliphatic heterocycles. The second-order valence-corrected chi connectivity index (χ2v) is 6.84. The van der Waals surface area contributed by atoms with Crippen molar-refractivity contribution in [1.82, 2.24) is 9.36 Å². The third-order valence-electron chi connectivity index (χ3n) is 4.44. The first-order valence-corrected chi connectivity index (χ1v) is 9.05. The van der Waals surface area contributed by atoms with Gasteiger partial charge in [0.2, 0.25) is 5.13 Å². The highest BCUT2D eigenvalue weighted by Gasteiger charge is 2.20. The second kappa shape index (κ2) is 6.84. The lowest BCUT2D eigenvalue weighted by molar-refractivity contribution is 0.0838. The molecule has 0 radical (unpaired) electrons. The molecule has 122 valence electrons. The van der Waals surface area contributed by atoms with Crippen LogP contribution in [0.3, 0.4) is 0 Å². The van der Waals surface area contributed by atoms with Gasteiger partial charge in [0.05, 0.1) is 6.61 Å². The van der Waals surface area contributed by atoms with Crippen molar-refractivity contribution in [2.45, 2.75) is 38.1 Å². The molecule has 4 rings (SSSR count). The van der Waals surface area contributed by atoms with Crippen LogP contribution in [0.5, 0.6) is 5.75 Å². The Balaban J connectivity index is 1.38. The minimum absolute atomic E-state index is 0.455. The van der Waals surface area contributed by atoms with Gasteiger partial charge in [0.25, 0.3) is 0 Å². The largest absolute Gasteiger partial charge is 0.493 e. The van der Waals surface area contributed by atoms with Crippen molar-refractivity contribution < 1.29 is 9.47 Å². The Morgan fingerprint density at radius 1 is 1.22 bits per heavy atom. The Bertz CT molecular complexity index is 668. The predicted molar refractivity (Wildman–Crippen MR) is 90.3 cm³/mol. The van der Waals surface area contributed by atoms with Crippen molar-refractivity contribution in [1.29, 1.82) is 0 Å². The Morgan fingerprint density at radius 2 is 2.13 bits per heavy atom. The molecule has 0 aliphatic carbocycles. The molecule has 0 bridgehead atoms. The number of nitrogens with one attached hydrogen (secondary N) is 1. The molecule has 5 nitrogen and oxygen atoms in total. The van der Waals surface area contributed by atoms with Crippen LogP contribution in [-0.4, -0.2) is 29.2 Å². The molecule has 2 aliphatic rings. The lowest BCUT2D eigenvalue weighted by atomic mass is 10.00. The number of hydrogen-bond donors (Lipinski definition) is 1. The summed E-state index contributed by atoms with van der Waals surface area (Å²) >= 11 is 1.45. The highest BCUT2D eigenvalue weighted by Crippen LogP contribution is 2.28.